The average Bonchev–Trinajstić information content (AvgIpc) is 2.93. The summed E-state index contributed by atoms with van der Waals surface area (Å²) in [7, 11) is 0. The molecule has 0 amide bonds. The van der Waals surface area contributed by atoms with E-state index in [1.807, 2.05) is 12.1 Å². The first-order valence-electron chi connectivity index (χ1n) is 9.04. The molecular formula is C22H25F3. The SMILES string of the molecule is CCc1ccc(-c2cc(C(F)F)ccc2F)c(C2CCCC2(C)C)c1. The fourth-order valence-corrected chi connectivity index (χ4v) is 4.15. The van der Waals surface area contributed by atoms with E-state index in [2.05, 4.69) is 26.8 Å². The molecule has 0 heterocycles. The monoisotopic (exact) mass is 346 g/mol. The van der Waals surface area contributed by atoms with Crippen molar-refractivity contribution in [1.29, 1.82) is 0 Å². The second kappa shape index (κ2) is 6.86. The van der Waals surface area contributed by atoms with E-state index in [-0.39, 0.29) is 16.5 Å². The van der Waals surface area contributed by atoms with Crippen LogP contribution in [0.1, 0.15) is 69.1 Å². The highest BCUT2D eigenvalue weighted by atomic mass is 19.3. The van der Waals surface area contributed by atoms with E-state index in [0.29, 0.717) is 5.92 Å². The van der Waals surface area contributed by atoms with Gasteiger partial charge in [-0.1, -0.05) is 51.5 Å². The summed E-state index contributed by atoms with van der Waals surface area (Å²) in [5.41, 5.74) is 3.36. The topological polar surface area (TPSA) is 0 Å². The van der Waals surface area contributed by atoms with Gasteiger partial charge in [0.05, 0.1) is 0 Å². The predicted molar refractivity (Wildman–Crippen MR) is 96.5 cm³/mol. The van der Waals surface area contributed by atoms with Gasteiger partial charge in [0.1, 0.15) is 5.82 Å². The van der Waals surface area contributed by atoms with Crippen LogP contribution in [0.4, 0.5) is 13.2 Å². The maximum absolute atomic E-state index is 14.5. The molecule has 0 bridgehead atoms. The summed E-state index contributed by atoms with van der Waals surface area (Å²) in [6, 6.07) is 9.69. The summed E-state index contributed by atoms with van der Waals surface area (Å²) in [5, 5.41) is 0. The normalized spacial score (nSPS) is 19.6. The van der Waals surface area contributed by atoms with Crippen LogP contribution in [0.25, 0.3) is 11.1 Å². The van der Waals surface area contributed by atoms with E-state index in [0.717, 1.165) is 42.9 Å². The maximum Gasteiger partial charge on any atom is 0.263 e. The Balaban J connectivity index is 2.18. The molecular weight excluding hydrogens is 321 g/mol. The van der Waals surface area contributed by atoms with Gasteiger partial charge < -0.3 is 0 Å². The van der Waals surface area contributed by atoms with Gasteiger partial charge in [-0.3, -0.25) is 0 Å². The fraction of sp³-hybridized carbons (Fsp3) is 0.455. The van der Waals surface area contributed by atoms with Gasteiger partial charge in [0.2, 0.25) is 0 Å². The van der Waals surface area contributed by atoms with E-state index < -0.39 is 12.2 Å². The van der Waals surface area contributed by atoms with Gasteiger partial charge in [0, 0.05) is 11.1 Å². The van der Waals surface area contributed by atoms with Crippen LogP contribution in [-0.2, 0) is 6.42 Å². The first-order chi connectivity index (χ1) is 11.8. The Kier molecular flexibility index (Phi) is 4.95. The van der Waals surface area contributed by atoms with Crippen molar-refractivity contribution < 1.29 is 13.2 Å². The van der Waals surface area contributed by atoms with Crippen LogP contribution in [0.2, 0.25) is 0 Å². The number of alkyl halides is 2. The second-order valence-electron chi connectivity index (χ2n) is 7.75. The molecule has 0 nitrogen and oxygen atoms in total. The summed E-state index contributed by atoms with van der Waals surface area (Å²) in [5.74, 6) is -0.116. The molecule has 2 aromatic rings. The predicted octanol–water partition coefficient (Wildman–Crippen LogP) is 7.29. The van der Waals surface area contributed by atoms with Crippen LogP contribution in [0.15, 0.2) is 36.4 Å². The van der Waals surface area contributed by atoms with E-state index in [9.17, 15) is 13.2 Å². The van der Waals surface area contributed by atoms with Gasteiger partial charge in [-0.15, -0.1) is 0 Å². The molecule has 1 aliphatic rings. The zero-order chi connectivity index (χ0) is 18.2. The molecule has 3 rings (SSSR count). The Morgan fingerprint density at radius 1 is 1.08 bits per heavy atom. The molecule has 1 aliphatic carbocycles. The van der Waals surface area contributed by atoms with E-state index in [1.54, 1.807) is 0 Å². The third-order valence-corrected chi connectivity index (χ3v) is 5.69. The lowest BCUT2D eigenvalue weighted by Crippen LogP contribution is -2.16. The molecule has 0 aliphatic heterocycles. The van der Waals surface area contributed by atoms with Crippen molar-refractivity contribution in [2.24, 2.45) is 5.41 Å². The summed E-state index contributed by atoms with van der Waals surface area (Å²) in [6.45, 7) is 6.59. The number of hydrogen-bond donors (Lipinski definition) is 0. The molecule has 1 fully saturated rings. The van der Waals surface area contributed by atoms with Crippen molar-refractivity contribution in [1.82, 2.24) is 0 Å². The number of benzene rings is 2. The van der Waals surface area contributed by atoms with Gasteiger partial charge in [-0.25, -0.2) is 13.2 Å². The van der Waals surface area contributed by atoms with Crippen LogP contribution in [0, 0.1) is 11.2 Å². The van der Waals surface area contributed by atoms with Crippen molar-refractivity contribution in [3.63, 3.8) is 0 Å². The average molecular weight is 346 g/mol. The number of halogens is 3. The minimum atomic E-state index is -2.60. The zero-order valence-electron chi connectivity index (χ0n) is 15.1. The third-order valence-electron chi connectivity index (χ3n) is 5.69. The Morgan fingerprint density at radius 3 is 2.44 bits per heavy atom. The molecule has 0 aromatic heterocycles. The highest BCUT2D eigenvalue weighted by molar-refractivity contribution is 5.70. The van der Waals surface area contributed by atoms with E-state index in [1.165, 1.54) is 17.7 Å². The van der Waals surface area contributed by atoms with Crippen LogP contribution in [0.3, 0.4) is 0 Å². The molecule has 0 spiro atoms. The second-order valence-corrected chi connectivity index (χ2v) is 7.75. The molecule has 25 heavy (non-hydrogen) atoms. The standard InChI is InChI=1S/C22H25F3/c1-4-14-7-9-16(17(12-14)19-6-5-11-22(19,2)3)18-13-15(21(24)25)8-10-20(18)23/h7-10,12-13,19,21H,4-6,11H2,1-3H3. The zero-order valence-corrected chi connectivity index (χ0v) is 15.1. The van der Waals surface area contributed by atoms with Crippen molar-refractivity contribution in [2.75, 3.05) is 0 Å². The summed E-state index contributed by atoms with van der Waals surface area (Å²) in [4.78, 5) is 0. The minimum Gasteiger partial charge on any atom is -0.206 e. The molecule has 1 unspecified atom stereocenters. The molecule has 1 saturated carbocycles. The van der Waals surface area contributed by atoms with Crippen molar-refractivity contribution in [2.45, 2.75) is 58.8 Å². The van der Waals surface area contributed by atoms with Gasteiger partial charge in [-0.05, 0) is 59.4 Å². The van der Waals surface area contributed by atoms with Crippen LogP contribution in [0.5, 0.6) is 0 Å². The van der Waals surface area contributed by atoms with Gasteiger partial charge in [-0.2, -0.15) is 0 Å². The Hall–Kier alpha value is -1.77. The molecule has 0 N–H and O–H groups in total. The van der Waals surface area contributed by atoms with Crippen molar-refractivity contribution in [3.05, 3.63) is 58.9 Å². The van der Waals surface area contributed by atoms with E-state index >= 15 is 0 Å². The number of aryl methyl sites for hydroxylation is 1. The highest BCUT2D eigenvalue weighted by Crippen LogP contribution is 2.51. The number of rotatable bonds is 4. The quantitative estimate of drug-likeness (QED) is 0.545. The maximum atomic E-state index is 14.5. The van der Waals surface area contributed by atoms with Crippen LogP contribution in [-0.4, -0.2) is 0 Å². The molecule has 0 radical (unpaired) electrons. The molecule has 3 heteroatoms. The lowest BCUT2D eigenvalue weighted by atomic mass is 9.75. The Morgan fingerprint density at radius 2 is 1.84 bits per heavy atom. The summed E-state index contributed by atoms with van der Waals surface area (Å²) in [6.07, 6.45) is 1.64. The Bertz CT molecular complexity index is 762. The summed E-state index contributed by atoms with van der Waals surface area (Å²) >= 11 is 0. The fourth-order valence-electron chi connectivity index (χ4n) is 4.15. The van der Waals surface area contributed by atoms with Gasteiger partial charge in [0.15, 0.2) is 0 Å². The molecule has 0 saturated heterocycles. The van der Waals surface area contributed by atoms with Gasteiger partial charge >= 0.3 is 0 Å². The minimum absolute atomic E-state index is 0.132. The third kappa shape index (κ3) is 3.47. The van der Waals surface area contributed by atoms with Crippen LogP contribution >= 0.6 is 0 Å². The summed E-state index contributed by atoms with van der Waals surface area (Å²) < 4.78 is 40.7. The van der Waals surface area contributed by atoms with Gasteiger partial charge in [0.25, 0.3) is 6.43 Å². The smallest absolute Gasteiger partial charge is 0.206 e. The first kappa shape index (κ1) is 18.0. The Labute approximate surface area is 148 Å². The lowest BCUT2D eigenvalue weighted by molar-refractivity contribution is 0.151. The highest BCUT2D eigenvalue weighted by Gasteiger charge is 2.37. The largest absolute Gasteiger partial charge is 0.263 e. The van der Waals surface area contributed by atoms with Crippen LogP contribution < -0.4 is 0 Å². The van der Waals surface area contributed by atoms with Crippen molar-refractivity contribution >= 4 is 0 Å². The lowest BCUT2D eigenvalue weighted by Gasteiger charge is -2.30. The number of hydrogen-bond acceptors (Lipinski definition) is 0. The molecule has 2 aromatic carbocycles. The van der Waals surface area contributed by atoms with Crippen molar-refractivity contribution in [3.8, 4) is 11.1 Å². The van der Waals surface area contributed by atoms with E-state index in [4.69, 9.17) is 0 Å². The first-order valence-corrected chi connectivity index (χ1v) is 9.04. The molecule has 1 atom stereocenters. The molecule has 134 valence electrons.